The molecule has 92 valence electrons. The van der Waals surface area contributed by atoms with Crippen LogP contribution in [0.5, 0.6) is 0 Å². The van der Waals surface area contributed by atoms with Gasteiger partial charge in [-0.2, -0.15) is 0 Å². The Morgan fingerprint density at radius 1 is 1.17 bits per heavy atom. The molecule has 0 fully saturated rings. The van der Waals surface area contributed by atoms with E-state index < -0.39 is 0 Å². The van der Waals surface area contributed by atoms with Gasteiger partial charge in [0.25, 0.3) is 5.91 Å². The molecule has 0 saturated heterocycles. The molecule has 3 nitrogen and oxygen atoms in total. The Morgan fingerprint density at radius 2 is 1.94 bits per heavy atom. The molecular formula is C14H13ClN2O. The summed E-state index contributed by atoms with van der Waals surface area (Å²) >= 11 is 5.85. The maximum absolute atomic E-state index is 12.0. The number of carbonyl (C=O) groups is 1. The maximum Gasteiger partial charge on any atom is 0.255 e. The summed E-state index contributed by atoms with van der Waals surface area (Å²) in [7, 11) is 0. The molecule has 0 aromatic heterocycles. The highest BCUT2D eigenvalue weighted by Crippen LogP contribution is 2.16. The Hall–Kier alpha value is -1.84. The summed E-state index contributed by atoms with van der Waals surface area (Å²) in [4.78, 5) is 12.0. The van der Waals surface area contributed by atoms with E-state index in [0.717, 1.165) is 5.56 Å². The normalized spacial score (nSPS) is 10.1. The van der Waals surface area contributed by atoms with Crippen LogP contribution >= 0.6 is 11.6 Å². The molecule has 1 amide bonds. The van der Waals surface area contributed by atoms with Gasteiger partial charge in [0.05, 0.1) is 0 Å². The van der Waals surface area contributed by atoms with Crippen LogP contribution in [-0.2, 0) is 6.54 Å². The number of nitrogens with one attached hydrogen (secondary N) is 1. The molecular weight excluding hydrogens is 248 g/mol. The van der Waals surface area contributed by atoms with Gasteiger partial charge in [-0.25, -0.2) is 0 Å². The lowest BCUT2D eigenvalue weighted by Gasteiger charge is -2.06. The van der Waals surface area contributed by atoms with Crippen LogP contribution in [0.4, 0.5) is 5.69 Å². The van der Waals surface area contributed by atoms with Crippen LogP contribution in [0.2, 0.25) is 5.02 Å². The number of hydrogen-bond donors (Lipinski definition) is 2. The fraction of sp³-hybridized carbons (Fsp3) is 0.0714. The molecule has 0 radical (unpaired) electrons. The summed E-state index contributed by atoms with van der Waals surface area (Å²) < 4.78 is 0. The average Bonchev–Trinajstić information content (AvgIpc) is 2.39. The maximum atomic E-state index is 12.0. The lowest BCUT2D eigenvalue weighted by molar-refractivity contribution is 0.102. The van der Waals surface area contributed by atoms with E-state index in [1.54, 1.807) is 36.4 Å². The SMILES string of the molecule is NCc1cccc(C(=O)Nc2cccc(Cl)c2)c1. The van der Waals surface area contributed by atoms with Gasteiger partial charge in [-0.3, -0.25) is 4.79 Å². The number of amides is 1. The van der Waals surface area contributed by atoms with E-state index in [0.29, 0.717) is 22.8 Å². The van der Waals surface area contributed by atoms with Gasteiger partial charge in [-0.1, -0.05) is 29.8 Å². The summed E-state index contributed by atoms with van der Waals surface area (Å²) in [6.45, 7) is 0.415. The predicted octanol–water partition coefficient (Wildman–Crippen LogP) is 3.05. The number of benzene rings is 2. The second-order valence-corrected chi connectivity index (χ2v) is 4.31. The molecule has 0 aliphatic rings. The van der Waals surface area contributed by atoms with E-state index >= 15 is 0 Å². The first-order valence-electron chi connectivity index (χ1n) is 5.55. The quantitative estimate of drug-likeness (QED) is 0.891. The van der Waals surface area contributed by atoms with Crippen molar-refractivity contribution in [3.05, 3.63) is 64.7 Å². The molecule has 0 aliphatic carbocycles. The molecule has 0 unspecified atom stereocenters. The van der Waals surface area contributed by atoms with Crippen molar-refractivity contribution < 1.29 is 4.79 Å². The average molecular weight is 261 g/mol. The number of halogens is 1. The van der Waals surface area contributed by atoms with Crippen LogP contribution in [0.15, 0.2) is 48.5 Å². The summed E-state index contributed by atoms with van der Waals surface area (Å²) in [6.07, 6.45) is 0. The standard InChI is InChI=1S/C14H13ClN2O/c15-12-5-2-6-13(8-12)17-14(18)11-4-1-3-10(7-11)9-16/h1-8H,9,16H2,(H,17,18). The fourth-order valence-electron chi connectivity index (χ4n) is 1.61. The van der Waals surface area contributed by atoms with Crippen LogP contribution in [0.3, 0.4) is 0 Å². The number of hydrogen-bond acceptors (Lipinski definition) is 2. The Morgan fingerprint density at radius 3 is 2.67 bits per heavy atom. The molecule has 0 heterocycles. The Kier molecular flexibility index (Phi) is 3.97. The zero-order valence-corrected chi connectivity index (χ0v) is 10.4. The van der Waals surface area contributed by atoms with Crippen molar-refractivity contribution in [1.29, 1.82) is 0 Å². The molecule has 0 bridgehead atoms. The minimum absolute atomic E-state index is 0.174. The van der Waals surface area contributed by atoms with Crippen molar-refractivity contribution in [2.24, 2.45) is 5.73 Å². The van der Waals surface area contributed by atoms with Crippen molar-refractivity contribution in [3.63, 3.8) is 0 Å². The smallest absolute Gasteiger partial charge is 0.255 e. The van der Waals surface area contributed by atoms with Crippen LogP contribution in [-0.4, -0.2) is 5.91 Å². The largest absolute Gasteiger partial charge is 0.326 e. The first-order chi connectivity index (χ1) is 8.69. The van der Waals surface area contributed by atoms with E-state index in [4.69, 9.17) is 17.3 Å². The molecule has 2 aromatic carbocycles. The third-order valence-electron chi connectivity index (χ3n) is 2.51. The first-order valence-corrected chi connectivity index (χ1v) is 5.93. The van der Waals surface area contributed by atoms with E-state index in [2.05, 4.69) is 5.32 Å². The zero-order chi connectivity index (χ0) is 13.0. The van der Waals surface area contributed by atoms with Crippen molar-refractivity contribution in [2.75, 3.05) is 5.32 Å². The topological polar surface area (TPSA) is 55.1 Å². The van der Waals surface area contributed by atoms with E-state index in [9.17, 15) is 4.79 Å². The van der Waals surface area contributed by atoms with Crippen molar-refractivity contribution >= 4 is 23.2 Å². The summed E-state index contributed by atoms with van der Waals surface area (Å²) in [5.41, 5.74) is 7.72. The van der Waals surface area contributed by atoms with Gasteiger partial charge in [-0.05, 0) is 35.9 Å². The molecule has 3 N–H and O–H groups in total. The lowest BCUT2D eigenvalue weighted by Crippen LogP contribution is -2.12. The molecule has 0 saturated carbocycles. The van der Waals surface area contributed by atoms with Gasteiger partial charge in [-0.15, -0.1) is 0 Å². The zero-order valence-electron chi connectivity index (χ0n) is 9.69. The third kappa shape index (κ3) is 3.09. The minimum atomic E-state index is -0.174. The second kappa shape index (κ2) is 5.67. The number of anilines is 1. The predicted molar refractivity (Wildman–Crippen MR) is 73.7 cm³/mol. The van der Waals surface area contributed by atoms with Crippen LogP contribution < -0.4 is 11.1 Å². The highest BCUT2D eigenvalue weighted by molar-refractivity contribution is 6.30. The highest BCUT2D eigenvalue weighted by Gasteiger charge is 2.06. The molecule has 4 heteroatoms. The van der Waals surface area contributed by atoms with Gasteiger partial charge in [0.1, 0.15) is 0 Å². The van der Waals surface area contributed by atoms with Crippen molar-refractivity contribution in [2.45, 2.75) is 6.54 Å². The summed E-state index contributed by atoms with van der Waals surface area (Å²) in [6, 6.07) is 14.3. The third-order valence-corrected chi connectivity index (χ3v) is 2.74. The van der Waals surface area contributed by atoms with E-state index in [-0.39, 0.29) is 5.91 Å². The van der Waals surface area contributed by atoms with Crippen LogP contribution in [0.25, 0.3) is 0 Å². The number of nitrogens with two attached hydrogens (primary N) is 1. The van der Waals surface area contributed by atoms with Gasteiger partial charge in [0.15, 0.2) is 0 Å². The fourth-order valence-corrected chi connectivity index (χ4v) is 1.80. The van der Waals surface area contributed by atoms with E-state index in [1.807, 2.05) is 12.1 Å². The van der Waals surface area contributed by atoms with Gasteiger partial charge < -0.3 is 11.1 Å². The molecule has 0 aliphatic heterocycles. The van der Waals surface area contributed by atoms with E-state index in [1.165, 1.54) is 0 Å². The Bertz CT molecular complexity index is 569. The Labute approximate surface area is 111 Å². The van der Waals surface area contributed by atoms with Gasteiger partial charge >= 0.3 is 0 Å². The van der Waals surface area contributed by atoms with Crippen molar-refractivity contribution in [1.82, 2.24) is 0 Å². The molecule has 18 heavy (non-hydrogen) atoms. The second-order valence-electron chi connectivity index (χ2n) is 3.87. The molecule has 2 aromatic rings. The van der Waals surface area contributed by atoms with Gasteiger partial charge in [0.2, 0.25) is 0 Å². The molecule has 2 rings (SSSR count). The highest BCUT2D eigenvalue weighted by atomic mass is 35.5. The van der Waals surface area contributed by atoms with Crippen LogP contribution in [0.1, 0.15) is 15.9 Å². The number of carbonyl (C=O) groups excluding carboxylic acids is 1. The van der Waals surface area contributed by atoms with Crippen LogP contribution in [0, 0.1) is 0 Å². The lowest BCUT2D eigenvalue weighted by atomic mass is 10.1. The van der Waals surface area contributed by atoms with Gasteiger partial charge in [0, 0.05) is 22.8 Å². The summed E-state index contributed by atoms with van der Waals surface area (Å²) in [5.74, 6) is -0.174. The molecule has 0 atom stereocenters. The monoisotopic (exact) mass is 260 g/mol. The Balaban J connectivity index is 2.16. The molecule has 0 spiro atoms. The first kappa shape index (κ1) is 12.6. The minimum Gasteiger partial charge on any atom is -0.326 e. The van der Waals surface area contributed by atoms with Crippen molar-refractivity contribution in [3.8, 4) is 0 Å². The summed E-state index contributed by atoms with van der Waals surface area (Å²) in [5, 5.41) is 3.37. The number of rotatable bonds is 3.